The molecule has 1 atom stereocenters. The Labute approximate surface area is 122 Å². The molecule has 20 heavy (non-hydrogen) atoms. The minimum Gasteiger partial charge on any atom is -0.342 e. The Morgan fingerprint density at radius 1 is 0.900 bits per heavy atom. The van der Waals surface area contributed by atoms with Gasteiger partial charge >= 0.3 is 0 Å². The van der Waals surface area contributed by atoms with Gasteiger partial charge in [-0.3, -0.25) is 0 Å². The van der Waals surface area contributed by atoms with Crippen molar-refractivity contribution in [1.29, 1.82) is 0 Å². The van der Waals surface area contributed by atoms with Gasteiger partial charge in [0, 0.05) is 24.0 Å². The number of nitrogens with zero attached hydrogens (tertiary/aromatic N) is 1. The monoisotopic (exact) mass is 268 g/mol. The van der Waals surface area contributed by atoms with Gasteiger partial charge in [-0.1, -0.05) is 36.8 Å². The zero-order valence-electron chi connectivity index (χ0n) is 12.6. The normalized spacial score (nSPS) is 12.2. The first-order valence-electron chi connectivity index (χ1n) is 7.35. The maximum Gasteiger partial charge on any atom is 0.0410 e. The molecule has 0 saturated heterocycles. The molecule has 0 fully saturated rings. The number of anilines is 2. The van der Waals surface area contributed by atoms with Crippen molar-refractivity contribution < 1.29 is 0 Å². The molecule has 2 nitrogen and oxygen atoms in total. The van der Waals surface area contributed by atoms with E-state index in [2.05, 4.69) is 74.2 Å². The summed E-state index contributed by atoms with van der Waals surface area (Å²) in [5.74, 6) is 0. The van der Waals surface area contributed by atoms with Gasteiger partial charge in [0.25, 0.3) is 0 Å². The Balaban J connectivity index is 2.25. The highest BCUT2D eigenvalue weighted by molar-refractivity contribution is 5.63. The number of aryl methyl sites for hydroxylation is 1. The molecule has 0 aromatic heterocycles. The summed E-state index contributed by atoms with van der Waals surface area (Å²) in [6, 6.07) is 17.4. The zero-order valence-corrected chi connectivity index (χ0v) is 12.6. The van der Waals surface area contributed by atoms with Crippen LogP contribution >= 0.6 is 0 Å². The van der Waals surface area contributed by atoms with Crippen LogP contribution in [0.15, 0.2) is 48.5 Å². The van der Waals surface area contributed by atoms with Crippen LogP contribution in [0.25, 0.3) is 0 Å². The zero-order chi connectivity index (χ0) is 14.5. The van der Waals surface area contributed by atoms with E-state index >= 15 is 0 Å². The lowest BCUT2D eigenvalue weighted by Gasteiger charge is -2.24. The quantitative estimate of drug-likeness (QED) is 0.861. The molecule has 106 valence electrons. The van der Waals surface area contributed by atoms with E-state index in [0.29, 0.717) is 0 Å². The van der Waals surface area contributed by atoms with E-state index < -0.39 is 0 Å². The molecule has 2 N–H and O–H groups in total. The number of rotatable bonds is 5. The van der Waals surface area contributed by atoms with E-state index in [1.807, 2.05) is 0 Å². The van der Waals surface area contributed by atoms with E-state index in [4.69, 9.17) is 5.73 Å². The third-order valence-electron chi connectivity index (χ3n) is 3.73. The maximum absolute atomic E-state index is 6.07. The van der Waals surface area contributed by atoms with Crippen LogP contribution < -0.4 is 10.6 Å². The summed E-state index contributed by atoms with van der Waals surface area (Å²) in [5, 5.41) is 0. The predicted molar refractivity (Wildman–Crippen MR) is 87.5 cm³/mol. The molecular formula is C18H24N2. The summed E-state index contributed by atoms with van der Waals surface area (Å²) < 4.78 is 0. The first kappa shape index (κ1) is 14.6. The highest BCUT2D eigenvalue weighted by atomic mass is 15.1. The fourth-order valence-electron chi connectivity index (χ4n) is 2.38. The van der Waals surface area contributed by atoms with Crippen molar-refractivity contribution in [3.8, 4) is 0 Å². The molecule has 0 aliphatic carbocycles. The standard InChI is InChI=1S/C18H24N2/c1-4-18(19)15-8-12-17(13-9-15)20(5-2)16-10-6-14(3)7-11-16/h6-13,18H,4-5,19H2,1-3H3/t18-/m0/s1. The van der Waals surface area contributed by atoms with Crippen molar-refractivity contribution in [3.63, 3.8) is 0 Å². The van der Waals surface area contributed by atoms with Crippen LogP contribution in [0.1, 0.15) is 37.4 Å². The summed E-state index contributed by atoms with van der Waals surface area (Å²) in [7, 11) is 0. The van der Waals surface area contributed by atoms with Gasteiger partial charge < -0.3 is 10.6 Å². The highest BCUT2D eigenvalue weighted by Crippen LogP contribution is 2.26. The summed E-state index contributed by atoms with van der Waals surface area (Å²) in [5.41, 5.74) is 11.0. The highest BCUT2D eigenvalue weighted by Gasteiger charge is 2.08. The molecule has 0 amide bonds. The van der Waals surface area contributed by atoms with Crippen LogP contribution in [0.3, 0.4) is 0 Å². The molecule has 0 unspecified atom stereocenters. The molecule has 2 aromatic rings. The third kappa shape index (κ3) is 3.20. The van der Waals surface area contributed by atoms with Gasteiger partial charge in [0.2, 0.25) is 0 Å². The van der Waals surface area contributed by atoms with Crippen molar-refractivity contribution in [2.45, 2.75) is 33.2 Å². The van der Waals surface area contributed by atoms with E-state index in [9.17, 15) is 0 Å². The third-order valence-corrected chi connectivity index (χ3v) is 3.73. The van der Waals surface area contributed by atoms with Crippen molar-refractivity contribution in [1.82, 2.24) is 0 Å². The lowest BCUT2D eigenvalue weighted by molar-refractivity contribution is 0.698. The molecule has 0 aliphatic heterocycles. The van der Waals surface area contributed by atoms with Crippen LogP contribution in [0, 0.1) is 6.92 Å². The van der Waals surface area contributed by atoms with Gasteiger partial charge in [0.05, 0.1) is 0 Å². The van der Waals surface area contributed by atoms with Gasteiger partial charge in [0.1, 0.15) is 0 Å². The second-order valence-corrected chi connectivity index (χ2v) is 5.19. The Kier molecular flexibility index (Phi) is 4.80. The lowest BCUT2D eigenvalue weighted by atomic mass is 10.0. The van der Waals surface area contributed by atoms with Crippen LogP contribution in [0.5, 0.6) is 0 Å². The van der Waals surface area contributed by atoms with Gasteiger partial charge in [-0.2, -0.15) is 0 Å². The molecule has 0 spiro atoms. The smallest absolute Gasteiger partial charge is 0.0410 e. The number of hydrogen-bond acceptors (Lipinski definition) is 2. The predicted octanol–water partition coefficient (Wildman–Crippen LogP) is 4.56. The Morgan fingerprint density at radius 2 is 1.40 bits per heavy atom. The van der Waals surface area contributed by atoms with Crippen LogP contribution in [-0.4, -0.2) is 6.54 Å². The van der Waals surface area contributed by atoms with E-state index in [1.54, 1.807) is 0 Å². The fraction of sp³-hybridized carbons (Fsp3) is 0.333. The minimum atomic E-state index is 0.138. The van der Waals surface area contributed by atoms with Crippen molar-refractivity contribution in [2.24, 2.45) is 5.73 Å². The van der Waals surface area contributed by atoms with Crippen LogP contribution in [0.4, 0.5) is 11.4 Å². The van der Waals surface area contributed by atoms with Gasteiger partial charge in [-0.25, -0.2) is 0 Å². The number of benzene rings is 2. The first-order chi connectivity index (χ1) is 9.65. The maximum atomic E-state index is 6.07. The Morgan fingerprint density at radius 3 is 1.85 bits per heavy atom. The molecule has 2 rings (SSSR count). The largest absolute Gasteiger partial charge is 0.342 e. The summed E-state index contributed by atoms with van der Waals surface area (Å²) in [6.45, 7) is 7.35. The fourth-order valence-corrected chi connectivity index (χ4v) is 2.38. The summed E-state index contributed by atoms with van der Waals surface area (Å²) in [6.07, 6.45) is 0.967. The minimum absolute atomic E-state index is 0.138. The molecule has 0 heterocycles. The number of nitrogens with two attached hydrogens (primary N) is 1. The average molecular weight is 268 g/mol. The first-order valence-corrected chi connectivity index (χ1v) is 7.35. The molecule has 0 aliphatic rings. The van der Waals surface area contributed by atoms with Crippen LogP contribution in [-0.2, 0) is 0 Å². The Hall–Kier alpha value is -1.80. The number of hydrogen-bond donors (Lipinski definition) is 1. The topological polar surface area (TPSA) is 29.3 Å². The SMILES string of the molecule is CC[C@H](N)c1ccc(N(CC)c2ccc(C)cc2)cc1. The summed E-state index contributed by atoms with van der Waals surface area (Å²) in [4.78, 5) is 2.31. The van der Waals surface area contributed by atoms with E-state index in [1.165, 1.54) is 22.5 Å². The molecule has 2 heteroatoms. The second kappa shape index (κ2) is 6.58. The lowest BCUT2D eigenvalue weighted by Crippen LogP contribution is -2.16. The molecule has 0 bridgehead atoms. The van der Waals surface area contributed by atoms with E-state index in [0.717, 1.165) is 13.0 Å². The van der Waals surface area contributed by atoms with Gasteiger partial charge in [-0.05, 0) is 50.1 Å². The molecule has 0 saturated carbocycles. The second-order valence-electron chi connectivity index (χ2n) is 5.19. The van der Waals surface area contributed by atoms with Gasteiger partial charge in [0.15, 0.2) is 0 Å². The van der Waals surface area contributed by atoms with E-state index in [-0.39, 0.29) is 6.04 Å². The van der Waals surface area contributed by atoms with Crippen molar-refractivity contribution in [3.05, 3.63) is 59.7 Å². The summed E-state index contributed by atoms with van der Waals surface area (Å²) >= 11 is 0. The molecule has 0 radical (unpaired) electrons. The van der Waals surface area contributed by atoms with Crippen molar-refractivity contribution in [2.75, 3.05) is 11.4 Å². The molecular weight excluding hydrogens is 244 g/mol. The Bertz CT molecular complexity index is 528. The van der Waals surface area contributed by atoms with Gasteiger partial charge in [-0.15, -0.1) is 0 Å². The molecule has 2 aromatic carbocycles. The van der Waals surface area contributed by atoms with Crippen molar-refractivity contribution >= 4 is 11.4 Å². The van der Waals surface area contributed by atoms with Crippen LogP contribution in [0.2, 0.25) is 0 Å². The average Bonchev–Trinajstić information content (AvgIpc) is 2.50.